The van der Waals surface area contributed by atoms with Crippen LogP contribution >= 0.6 is 11.9 Å². The van der Waals surface area contributed by atoms with Gasteiger partial charge in [0.15, 0.2) is 0 Å². The van der Waals surface area contributed by atoms with Crippen LogP contribution in [0.25, 0.3) is 11.8 Å². The molecule has 2 aliphatic rings. The Morgan fingerprint density at radius 2 is 1.90 bits per heavy atom. The Bertz CT molecular complexity index is 1560. The first-order valence-corrected chi connectivity index (χ1v) is 13.4. The number of nitrogens with zero attached hydrogens (tertiary/aromatic N) is 6. The van der Waals surface area contributed by atoms with Gasteiger partial charge in [0.2, 0.25) is 0 Å². The molecule has 4 aromatic rings. The summed E-state index contributed by atoms with van der Waals surface area (Å²) in [5.74, 6) is -0.336. The van der Waals surface area contributed by atoms with Crippen LogP contribution in [0.15, 0.2) is 71.7 Å². The van der Waals surface area contributed by atoms with Crippen LogP contribution < -0.4 is 0 Å². The summed E-state index contributed by atoms with van der Waals surface area (Å²) >= 11 is 1.57. The van der Waals surface area contributed by atoms with E-state index in [1.54, 1.807) is 45.8 Å². The smallest absolute Gasteiger partial charge is 0.374 e. The molecule has 1 aliphatic heterocycles. The zero-order chi connectivity index (χ0) is 28.1. The topological polar surface area (TPSA) is 61.0 Å². The second-order valence-electron chi connectivity index (χ2n) is 10.1. The van der Waals surface area contributed by atoms with Gasteiger partial charge in [-0.2, -0.15) is 23.4 Å². The van der Waals surface area contributed by atoms with Crippen LogP contribution in [0, 0.1) is 11.2 Å². The molecule has 2 unspecified atom stereocenters. The van der Waals surface area contributed by atoms with Gasteiger partial charge in [-0.3, -0.25) is 9.67 Å². The highest BCUT2D eigenvalue weighted by molar-refractivity contribution is 7.97. The highest BCUT2D eigenvalue weighted by atomic mass is 32.2. The molecule has 1 aromatic carbocycles. The third-order valence-corrected chi connectivity index (χ3v) is 8.52. The molecule has 0 amide bonds. The first-order valence-electron chi connectivity index (χ1n) is 12.7. The molecule has 4 heterocycles. The van der Waals surface area contributed by atoms with Crippen molar-refractivity contribution in [3.8, 4) is 5.69 Å². The maximum absolute atomic E-state index is 13.7. The lowest BCUT2D eigenvalue weighted by Gasteiger charge is -2.49. The average molecular weight is 571 g/mol. The largest absolute Gasteiger partial charge is 0.416 e. The van der Waals surface area contributed by atoms with Gasteiger partial charge in [0.05, 0.1) is 39.9 Å². The lowest BCUT2D eigenvalue weighted by molar-refractivity contribution is -0.137. The van der Waals surface area contributed by atoms with E-state index < -0.39 is 23.3 Å². The zero-order valence-corrected chi connectivity index (χ0v) is 22.6. The van der Waals surface area contributed by atoms with Gasteiger partial charge < -0.3 is 4.74 Å². The fourth-order valence-electron chi connectivity index (χ4n) is 5.76. The quantitative estimate of drug-likeness (QED) is 0.213. The molecule has 1 fully saturated rings. The molecular weight excluding hydrogens is 544 g/mol. The van der Waals surface area contributed by atoms with Crippen molar-refractivity contribution >= 4 is 18.0 Å². The van der Waals surface area contributed by atoms with Crippen molar-refractivity contribution in [2.24, 2.45) is 12.5 Å². The minimum atomic E-state index is -4.50. The molecular formula is C28H26F4N6OS. The summed E-state index contributed by atoms with van der Waals surface area (Å²) in [6, 6.07) is 8.17. The normalized spacial score (nSPS) is 20.1. The van der Waals surface area contributed by atoms with Crippen LogP contribution in [0.2, 0.25) is 0 Å². The summed E-state index contributed by atoms with van der Waals surface area (Å²) in [6.45, 7) is 1.23. The standard InChI is InChI=1S/C28H26F4N6OS/c1-36-16-23(15-34-36)40-37-10-8-19-12-25-18(14-35-38(25)22-5-3-21(29)4-6-22)13-27(19,17-37)26(39-2)24-11-20(7-9-33-24)28(30,31)32/h3-7,9,11-12,14-16,26H,8,10,13,17H2,1-2H3. The molecule has 40 heavy (non-hydrogen) atoms. The minimum absolute atomic E-state index is 0.228. The molecule has 0 bridgehead atoms. The molecule has 0 radical (unpaired) electrons. The van der Waals surface area contributed by atoms with Crippen LogP contribution in [0.3, 0.4) is 0 Å². The van der Waals surface area contributed by atoms with Crippen LogP contribution in [0.5, 0.6) is 0 Å². The highest BCUT2D eigenvalue weighted by Crippen LogP contribution is 2.54. The van der Waals surface area contributed by atoms with Crippen molar-refractivity contribution < 1.29 is 22.3 Å². The van der Waals surface area contributed by atoms with Crippen molar-refractivity contribution in [2.45, 2.75) is 30.0 Å². The highest BCUT2D eigenvalue weighted by Gasteiger charge is 2.50. The number of piperidine rings is 1. The molecule has 208 valence electrons. The van der Waals surface area contributed by atoms with Crippen LogP contribution in [0.4, 0.5) is 17.6 Å². The third kappa shape index (κ3) is 4.84. The number of rotatable bonds is 6. The van der Waals surface area contributed by atoms with Crippen LogP contribution in [-0.4, -0.2) is 49.0 Å². The molecule has 1 aliphatic carbocycles. The Morgan fingerprint density at radius 3 is 2.60 bits per heavy atom. The van der Waals surface area contributed by atoms with Gasteiger partial charge >= 0.3 is 6.18 Å². The van der Waals surface area contributed by atoms with Crippen molar-refractivity contribution in [2.75, 3.05) is 20.2 Å². The Kier molecular flexibility index (Phi) is 6.79. The predicted octanol–water partition coefficient (Wildman–Crippen LogP) is 5.89. The summed E-state index contributed by atoms with van der Waals surface area (Å²) < 4.78 is 66.3. The number of alkyl halides is 3. The molecule has 6 rings (SSSR count). The zero-order valence-electron chi connectivity index (χ0n) is 21.8. The van der Waals surface area contributed by atoms with Gasteiger partial charge in [-0.1, -0.05) is 5.57 Å². The van der Waals surface area contributed by atoms with Crippen LogP contribution in [-0.2, 0) is 24.4 Å². The van der Waals surface area contributed by atoms with E-state index in [4.69, 9.17) is 4.74 Å². The van der Waals surface area contributed by atoms with E-state index in [9.17, 15) is 17.6 Å². The minimum Gasteiger partial charge on any atom is -0.374 e. The van der Waals surface area contributed by atoms with E-state index in [2.05, 4.69) is 25.6 Å². The van der Waals surface area contributed by atoms with Gasteiger partial charge in [0.1, 0.15) is 11.9 Å². The number of hydrogen-bond acceptors (Lipinski definition) is 6. The number of methoxy groups -OCH3 is 1. The number of aromatic nitrogens is 5. The van der Waals surface area contributed by atoms with E-state index in [0.717, 1.165) is 46.1 Å². The molecule has 0 N–H and O–H groups in total. The fraction of sp³-hybridized carbons (Fsp3) is 0.321. The van der Waals surface area contributed by atoms with Gasteiger partial charge in [-0.25, -0.2) is 13.4 Å². The lowest BCUT2D eigenvalue weighted by Crippen LogP contribution is -2.49. The Labute approximate surface area is 232 Å². The van der Waals surface area contributed by atoms with E-state index in [0.29, 0.717) is 19.4 Å². The number of pyridine rings is 1. The number of ether oxygens (including phenoxy) is 1. The SMILES string of the molecule is COC(c1cc(C(F)(F)F)ccn1)C12Cc3cnn(-c4ccc(F)cc4)c3C=C1CCN(Sc1cnn(C)c1)C2. The molecule has 0 saturated carbocycles. The van der Waals surface area contributed by atoms with Crippen molar-refractivity contribution in [3.63, 3.8) is 0 Å². The Balaban J connectivity index is 1.44. The van der Waals surface area contributed by atoms with Gasteiger partial charge in [0.25, 0.3) is 0 Å². The predicted molar refractivity (Wildman–Crippen MR) is 142 cm³/mol. The first-order chi connectivity index (χ1) is 19.2. The van der Waals surface area contributed by atoms with Crippen molar-refractivity contribution in [1.82, 2.24) is 28.9 Å². The van der Waals surface area contributed by atoms with Gasteiger partial charge in [-0.15, -0.1) is 0 Å². The number of halogens is 4. The van der Waals surface area contributed by atoms with Crippen molar-refractivity contribution in [3.05, 3.63) is 95.1 Å². The summed E-state index contributed by atoms with van der Waals surface area (Å²) in [6.07, 6.45) is 4.64. The van der Waals surface area contributed by atoms with E-state index in [1.165, 1.54) is 25.4 Å². The summed E-state index contributed by atoms with van der Waals surface area (Å²) in [5, 5.41) is 8.86. The number of aryl methyl sites for hydroxylation is 1. The van der Waals surface area contributed by atoms with Crippen molar-refractivity contribution in [1.29, 1.82) is 0 Å². The van der Waals surface area contributed by atoms with Gasteiger partial charge in [-0.05, 0) is 72.8 Å². The first kappa shape index (κ1) is 26.7. The molecule has 1 saturated heterocycles. The lowest BCUT2D eigenvalue weighted by atomic mass is 9.64. The van der Waals surface area contributed by atoms with Crippen LogP contribution in [0.1, 0.15) is 35.0 Å². The Morgan fingerprint density at radius 1 is 1.10 bits per heavy atom. The third-order valence-electron chi connectivity index (χ3n) is 7.53. The summed E-state index contributed by atoms with van der Waals surface area (Å²) in [4.78, 5) is 5.34. The molecule has 3 aromatic heterocycles. The van der Waals surface area contributed by atoms with Gasteiger partial charge in [0, 0.05) is 45.1 Å². The Hall–Kier alpha value is -3.48. The maximum Gasteiger partial charge on any atom is 0.416 e. The molecule has 7 nitrogen and oxygen atoms in total. The second-order valence-corrected chi connectivity index (χ2v) is 11.3. The molecule has 2 atom stereocenters. The monoisotopic (exact) mass is 570 g/mol. The summed E-state index contributed by atoms with van der Waals surface area (Å²) in [7, 11) is 3.37. The average Bonchev–Trinajstić information content (AvgIpc) is 3.53. The number of fused-ring (bicyclic) bond motifs is 2. The fourth-order valence-corrected chi connectivity index (χ4v) is 6.83. The maximum atomic E-state index is 13.7. The molecule has 0 spiro atoms. The second kappa shape index (κ2) is 10.2. The van der Waals surface area contributed by atoms with E-state index >= 15 is 0 Å². The number of hydrogen-bond donors (Lipinski definition) is 0. The van der Waals surface area contributed by atoms with E-state index in [1.807, 2.05) is 13.2 Å². The molecule has 12 heteroatoms. The van der Waals surface area contributed by atoms with E-state index in [-0.39, 0.29) is 11.5 Å². The number of benzene rings is 1. The summed E-state index contributed by atoms with van der Waals surface area (Å²) in [5.41, 5.74) is 2.33.